The van der Waals surface area contributed by atoms with Crippen LogP contribution in [0.3, 0.4) is 0 Å². The third kappa shape index (κ3) is 7.38. The first-order valence-electron chi connectivity index (χ1n) is 10.0. The van der Waals surface area contributed by atoms with E-state index < -0.39 is 15.4 Å². The van der Waals surface area contributed by atoms with Gasteiger partial charge in [0.05, 0.1) is 16.9 Å². The molecule has 0 radical (unpaired) electrons. The van der Waals surface area contributed by atoms with Crippen LogP contribution in [0.2, 0.25) is 0 Å². The largest absolute Gasteiger partial charge is 0.357 e. The summed E-state index contributed by atoms with van der Waals surface area (Å²) in [6.07, 6.45) is 4.59. The quantitative estimate of drug-likeness (QED) is 0.259. The van der Waals surface area contributed by atoms with Gasteiger partial charge in [0.15, 0.2) is 5.96 Å². The van der Waals surface area contributed by atoms with Crippen LogP contribution in [-0.4, -0.2) is 58.9 Å². The van der Waals surface area contributed by atoms with Crippen molar-refractivity contribution in [3.63, 3.8) is 0 Å². The van der Waals surface area contributed by atoms with Crippen molar-refractivity contribution in [2.75, 3.05) is 33.7 Å². The molecule has 0 spiro atoms. The van der Waals surface area contributed by atoms with Crippen molar-refractivity contribution in [3.8, 4) is 0 Å². The number of carbonyl (C=O) groups is 1. The van der Waals surface area contributed by atoms with Crippen molar-refractivity contribution < 1.29 is 13.2 Å². The van der Waals surface area contributed by atoms with Crippen LogP contribution in [0.4, 0.5) is 0 Å². The van der Waals surface area contributed by atoms with Gasteiger partial charge in [0.25, 0.3) is 0 Å². The number of guanidine groups is 1. The Labute approximate surface area is 197 Å². The van der Waals surface area contributed by atoms with E-state index in [1.54, 1.807) is 31.1 Å². The number of amides is 1. The summed E-state index contributed by atoms with van der Waals surface area (Å²) in [5, 5.41) is 11.6. The smallest absolute Gasteiger partial charge is 0.238 e. The van der Waals surface area contributed by atoms with Crippen molar-refractivity contribution in [3.05, 3.63) is 29.8 Å². The second-order valence-electron chi connectivity index (χ2n) is 7.75. The summed E-state index contributed by atoms with van der Waals surface area (Å²) in [4.78, 5) is 19.2. The monoisotopic (exact) mass is 551 g/mol. The molecule has 1 amide bonds. The molecule has 8 nitrogen and oxygen atoms in total. The van der Waals surface area contributed by atoms with Gasteiger partial charge < -0.3 is 15.5 Å². The average molecular weight is 551 g/mol. The fourth-order valence-electron chi connectivity index (χ4n) is 3.71. The van der Waals surface area contributed by atoms with Crippen molar-refractivity contribution in [2.45, 2.75) is 43.9 Å². The molecular weight excluding hydrogens is 517 g/mol. The molecule has 1 fully saturated rings. The lowest BCUT2D eigenvalue weighted by atomic mass is 9.85. The first-order valence-corrected chi connectivity index (χ1v) is 11.6. The van der Waals surface area contributed by atoms with E-state index >= 15 is 0 Å². The molecule has 0 bridgehead atoms. The lowest BCUT2D eigenvalue weighted by molar-refractivity contribution is -0.138. The minimum absolute atomic E-state index is 0. The van der Waals surface area contributed by atoms with Crippen molar-refractivity contribution in [1.82, 2.24) is 15.5 Å². The molecule has 1 saturated carbocycles. The van der Waals surface area contributed by atoms with Crippen LogP contribution in [0.15, 0.2) is 34.2 Å². The van der Waals surface area contributed by atoms with E-state index in [0.717, 1.165) is 37.8 Å². The third-order valence-electron chi connectivity index (χ3n) is 5.26. The molecule has 1 aliphatic rings. The van der Waals surface area contributed by atoms with Crippen LogP contribution in [0, 0.1) is 5.41 Å². The summed E-state index contributed by atoms with van der Waals surface area (Å²) in [6, 6.07) is 6.55. The molecule has 0 aliphatic heterocycles. The number of benzene rings is 1. The fraction of sp³-hybridized carbons (Fsp3) is 0.600. The maximum Gasteiger partial charge on any atom is 0.238 e. The number of halogens is 1. The van der Waals surface area contributed by atoms with Crippen LogP contribution >= 0.6 is 24.0 Å². The Morgan fingerprint density at radius 1 is 1.17 bits per heavy atom. The minimum Gasteiger partial charge on any atom is -0.357 e. The topological polar surface area (TPSA) is 117 Å². The Morgan fingerprint density at radius 3 is 2.27 bits per heavy atom. The second kappa shape index (κ2) is 11.8. The average Bonchev–Trinajstić information content (AvgIpc) is 3.15. The van der Waals surface area contributed by atoms with E-state index in [0.29, 0.717) is 25.5 Å². The number of sulfonamides is 1. The van der Waals surface area contributed by atoms with Crippen molar-refractivity contribution in [1.29, 1.82) is 0 Å². The van der Waals surface area contributed by atoms with Crippen LogP contribution in [0.5, 0.6) is 0 Å². The molecular formula is C20H34IN5O3S. The standard InChI is InChI=1S/C20H33N5O3S.HI/c1-4-22-19(24-15-20(12-5-6-13-20)18(26)25(2)3)23-14-11-16-7-9-17(10-8-16)29(21,27)28;/h7-10H,4-6,11-15H2,1-3H3,(H2,21,27,28)(H2,22,23,24);1H. The zero-order valence-electron chi connectivity index (χ0n) is 18.0. The van der Waals surface area contributed by atoms with Crippen LogP contribution in [0.1, 0.15) is 38.2 Å². The Morgan fingerprint density at radius 2 is 1.77 bits per heavy atom. The van der Waals surface area contributed by atoms with E-state index in [4.69, 9.17) is 10.1 Å². The predicted molar refractivity (Wildman–Crippen MR) is 131 cm³/mol. The summed E-state index contributed by atoms with van der Waals surface area (Å²) < 4.78 is 22.7. The highest BCUT2D eigenvalue weighted by Gasteiger charge is 2.42. The molecule has 0 heterocycles. The van der Waals surface area contributed by atoms with E-state index in [9.17, 15) is 13.2 Å². The summed E-state index contributed by atoms with van der Waals surface area (Å²) in [5.41, 5.74) is 0.603. The van der Waals surface area contributed by atoms with Crippen LogP contribution < -0.4 is 15.8 Å². The highest BCUT2D eigenvalue weighted by molar-refractivity contribution is 14.0. The van der Waals surface area contributed by atoms with Gasteiger partial charge in [0.2, 0.25) is 15.9 Å². The van der Waals surface area contributed by atoms with Gasteiger partial charge in [-0.15, -0.1) is 24.0 Å². The predicted octanol–water partition coefficient (Wildman–Crippen LogP) is 1.70. The van der Waals surface area contributed by atoms with Gasteiger partial charge in [0, 0.05) is 27.2 Å². The zero-order chi connectivity index (χ0) is 21.5. The number of nitrogens with zero attached hydrogens (tertiary/aromatic N) is 2. The van der Waals surface area contributed by atoms with Gasteiger partial charge in [-0.2, -0.15) is 0 Å². The van der Waals surface area contributed by atoms with Gasteiger partial charge >= 0.3 is 0 Å². The molecule has 170 valence electrons. The summed E-state index contributed by atoms with van der Waals surface area (Å²) >= 11 is 0. The molecule has 0 aromatic heterocycles. The lowest BCUT2D eigenvalue weighted by Crippen LogP contribution is -2.43. The lowest BCUT2D eigenvalue weighted by Gasteiger charge is -2.29. The van der Waals surface area contributed by atoms with Crippen LogP contribution in [-0.2, 0) is 21.2 Å². The van der Waals surface area contributed by atoms with Gasteiger partial charge in [-0.25, -0.2) is 13.6 Å². The number of rotatable bonds is 8. The molecule has 1 aromatic rings. The van der Waals surface area contributed by atoms with E-state index in [-0.39, 0.29) is 34.8 Å². The summed E-state index contributed by atoms with van der Waals surface area (Å²) in [5.74, 6) is 0.844. The molecule has 1 aromatic carbocycles. The molecule has 2 rings (SSSR count). The van der Waals surface area contributed by atoms with Gasteiger partial charge in [-0.05, 0) is 43.9 Å². The number of carbonyl (C=O) groups excluding carboxylic acids is 1. The SMILES string of the molecule is CCNC(=NCC1(C(=O)N(C)C)CCCC1)NCCc1ccc(S(N)(=O)=O)cc1.I. The molecule has 0 unspecified atom stereocenters. The minimum atomic E-state index is -3.67. The summed E-state index contributed by atoms with van der Waals surface area (Å²) in [6.45, 7) is 3.83. The summed E-state index contributed by atoms with van der Waals surface area (Å²) in [7, 11) is -0.0666. The Bertz CT molecular complexity index is 819. The third-order valence-corrected chi connectivity index (χ3v) is 6.19. The molecule has 10 heteroatoms. The second-order valence-corrected chi connectivity index (χ2v) is 9.31. The number of hydrogen-bond acceptors (Lipinski definition) is 4. The number of aliphatic imine (C=N–C) groups is 1. The van der Waals surface area contributed by atoms with Gasteiger partial charge in [-0.1, -0.05) is 25.0 Å². The highest BCUT2D eigenvalue weighted by atomic mass is 127. The highest BCUT2D eigenvalue weighted by Crippen LogP contribution is 2.39. The van der Waals surface area contributed by atoms with E-state index in [1.165, 1.54) is 12.1 Å². The fourth-order valence-corrected chi connectivity index (χ4v) is 4.22. The number of nitrogens with two attached hydrogens (primary N) is 1. The normalized spacial score (nSPS) is 15.9. The Kier molecular flexibility index (Phi) is 10.5. The maximum atomic E-state index is 12.7. The number of nitrogens with one attached hydrogen (secondary N) is 2. The first-order chi connectivity index (χ1) is 13.7. The first kappa shape index (κ1) is 26.6. The molecule has 1 aliphatic carbocycles. The number of hydrogen-bond donors (Lipinski definition) is 3. The molecule has 4 N–H and O–H groups in total. The van der Waals surface area contributed by atoms with Gasteiger partial charge in [0.1, 0.15) is 0 Å². The van der Waals surface area contributed by atoms with E-state index in [1.807, 2.05) is 6.92 Å². The van der Waals surface area contributed by atoms with Crippen molar-refractivity contribution >= 4 is 45.9 Å². The molecule has 0 atom stereocenters. The van der Waals surface area contributed by atoms with Crippen LogP contribution in [0.25, 0.3) is 0 Å². The number of primary sulfonamides is 1. The van der Waals surface area contributed by atoms with E-state index in [2.05, 4.69) is 10.6 Å². The maximum absolute atomic E-state index is 12.7. The molecule has 0 saturated heterocycles. The zero-order valence-corrected chi connectivity index (χ0v) is 21.1. The Hall–Kier alpha value is -1.40. The molecule has 30 heavy (non-hydrogen) atoms. The van der Waals surface area contributed by atoms with Gasteiger partial charge in [-0.3, -0.25) is 9.79 Å². The van der Waals surface area contributed by atoms with Crippen molar-refractivity contribution in [2.24, 2.45) is 15.5 Å². The Balaban J connectivity index is 0.00000450.